The molecule has 1 atom stereocenters. The number of nitrogens with zero attached hydrogens (tertiary/aromatic N) is 1. The average molecular weight is 160 g/mol. The number of hydrogen-bond acceptors (Lipinski definition) is 1. The van der Waals surface area contributed by atoms with Crippen molar-refractivity contribution in [2.75, 3.05) is 13.1 Å². The molecule has 0 bridgehead atoms. The van der Waals surface area contributed by atoms with Gasteiger partial charge in [-0.3, -0.25) is 4.79 Å². The molecule has 0 aliphatic carbocycles. The number of rotatable bonds is 3. The summed E-state index contributed by atoms with van der Waals surface area (Å²) in [6.07, 6.45) is 0. The van der Waals surface area contributed by atoms with Gasteiger partial charge in [-0.05, 0) is 20.8 Å². The third-order valence-electron chi connectivity index (χ3n) is 1.42. The maximum Gasteiger partial charge on any atom is 0.236 e. The largest absolute Gasteiger partial charge is 0.342 e. The van der Waals surface area contributed by atoms with Gasteiger partial charge in [-0.2, -0.15) is 0 Å². The second kappa shape index (κ2) is 4.61. The molecule has 1 unspecified atom stereocenters. The molecule has 3 heteroatoms. The zero-order valence-electron chi connectivity index (χ0n) is 6.76. The van der Waals surface area contributed by atoms with E-state index in [4.69, 9.17) is 12.6 Å². The fourth-order valence-electron chi connectivity index (χ4n) is 0.792. The Morgan fingerprint density at radius 1 is 1.50 bits per heavy atom. The average Bonchev–Trinajstić information content (AvgIpc) is 1.90. The quantitative estimate of drug-likeness (QED) is 0.612. The first-order valence-corrected chi connectivity index (χ1v) is 4.05. The number of carbonyl (C=O) groups excluding carboxylic acids is 1. The van der Waals surface area contributed by atoms with Crippen molar-refractivity contribution < 1.29 is 4.79 Å². The van der Waals surface area contributed by atoms with Crippen LogP contribution in [0.2, 0.25) is 0 Å². The molecule has 2 nitrogen and oxygen atoms in total. The summed E-state index contributed by atoms with van der Waals surface area (Å²) >= 11 is 4.82. The third kappa shape index (κ3) is 2.60. The smallest absolute Gasteiger partial charge is 0.236 e. The lowest BCUT2D eigenvalue weighted by molar-refractivity contribution is -0.129. The van der Waals surface area contributed by atoms with Gasteiger partial charge >= 0.3 is 0 Å². The predicted molar refractivity (Wildman–Crippen MR) is 45.0 cm³/mol. The first kappa shape index (κ1) is 9.82. The van der Waals surface area contributed by atoms with E-state index < -0.39 is 0 Å². The van der Waals surface area contributed by atoms with E-state index in [2.05, 4.69) is 0 Å². The maximum absolute atomic E-state index is 11.1. The SMILES string of the molecule is CCN(CC)C(=O)C(C)[S]. The van der Waals surface area contributed by atoms with Crippen molar-refractivity contribution in [2.45, 2.75) is 26.0 Å². The molecule has 0 aliphatic rings. The molecule has 1 amide bonds. The fraction of sp³-hybridized carbons (Fsp3) is 0.857. The van der Waals surface area contributed by atoms with Gasteiger partial charge in [0.05, 0.1) is 5.25 Å². The summed E-state index contributed by atoms with van der Waals surface area (Å²) in [6.45, 7) is 7.18. The highest BCUT2D eigenvalue weighted by Crippen LogP contribution is 1.99. The summed E-state index contributed by atoms with van der Waals surface area (Å²) in [6, 6.07) is 0. The Labute approximate surface area is 68.0 Å². The fourth-order valence-corrected chi connectivity index (χ4v) is 0.941. The molecule has 1 radical (unpaired) electrons. The summed E-state index contributed by atoms with van der Waals surface area (Å²) < 4.78 is 0. The van der Waals surface area contributed by atoms with Crippen molar-refractivity contribution in [3.8, 4) is 0 Å². The van der Waals surface area contributed by atoms with E-state index in [1.54, 1.807) is 11.8 Å². The lowest BCUT2D eigenvalue weighted by Gasteiger charge is -2.19. The second-order valence-electron chi connectivity index (χ2n) is 2.15. The van der Waals surface area contributed by atoms with Gasteiger partial charge in [0, 0.05) is 13.1 Å². The Morgan fingerprint density at radius 2 is 1.90 bits per heavy atom. The second-order valence-corrected chi connectivity index (χ2v) is 2.86. The Balaban J connectivity index is 3.89. The molecule has 0 rings (SSSR count). The lowest BCUT2D eigenvalue weighted by Crippen LogP contribution is -2.35. The van der Waals surface area contributed by atoms with Crippen LogP contribution in [-0.4, -0.2) is 29.1 Å². The molecule has 0 aliphatic heterocycles. The van der Waals surface area contributed by atoms with Gasteiger partial charge in [0.25, 0.3) is 0 Å². The maximum atomic E-state index is 11.1. The minimum Gasteiger partial charge on any atom is -0.342 e. The summed E-state index contributed by atoms with van der Waals surface area (Å²) in [5, 5.41) is -0.278. The van der Waals surface area contributed by atoms with E-state index >= 15 is 0 Å². The molecule has 0 aromatic heterocycles. The normalized spacial score (nSPS) is 12.8. The molecule has 0 spiro atoms. The first-order valence-electron chi connectivity index (χ1n) is 3.58. The van der Waals surface area contributed by atoms with Crippen LogP contribution in [0.4, 0.5) is 0 Å². The van der Waals surface area contributed by atoms with Gasteiger partial charge < -0.3 is 4.90 Å². The van der Waals surface area contributed by atoms with Crippen LogP contribution < -0.4 is 0 Å². The number of hydrogen-bond donors (Lipinski definition) is 0. The van der Waals surface area contributed by atoms with E-state index in [9.17, 15) is 4.79 Å². The molecule has 59 valence electrons. The predicted octanol–water partition coefficient (Wildman–Crippen LogP) is 1.44. The van der Waals surface area contributed by atoms with Gasteiger partial charge in [-0.15, -0.1) is 0 Å². The van der Waals surface area contributed by atoms with E-state index in [0.29, 0.717) is 0 Å². The highest BCUT2D eigenvalue weighted by Gasteiger charge is 2.13. The van der Waals surface area contributed by atoms with E-state index in [0.717, 1.165) is 13.1 Å². The Morgan fingerprint density at radius 3 is 2.00 bits per heavy atom. The van der Waals surface area contributed by atoms with Crippen LogP contribution in [0.1, 0.15) is 20.8 Å². The Kier molecular flexibility index (Phi) is 4.52. The lowest BCUT2D eigenvalue weighted by atomic mass is 10.4. The van der Waals surface area contributed by atoms with Crippen molar-refractivity contribution in [3.63, 3.8) is 0 Å². The van der Waals surface area contributed by atoms with E-state index in [-0.39, 0.29) is 11.2 Å². The topological polar surface area (TPSA) is 20.3 Å². The first-order chi connectivity index (χ1) is 4.63. The van der Waals surface area contributed by atoms with E-state index in [1.165, 1.54) is 0 Å². The summed E-state index contributed by atoms with van der Waals surface area (Å²) in [5.74, 6) is 0.0694. The summed E-state index contributed by atoms with van der Waals surface area (Å²) in [4.78, 5) is 12.9. The van der Waals surface area contributed by atoms with E-state index in [1.807, 2.05) is 13.8 Å². The zero-order chi connectivity index (χ0) is 8.15. The molecule has 0 fully saturated rings. The van der Waals surface area contributed by atoms with Crippen LogP contribution in [0.25, 0.3) is 0 Å². The van der Waals surface area contributed by atoms with Crippen molar-refractivity contribution in [3.05, 3.63) is 0 Å². The Bertz CT molecular complexity index is 110. The van der Waals surface area contributed by atoms with Crippen molar-refractivity contribution in [2.24, 2.45) is 0 Å². The molecule has 10 heavy (non-hydrogen) atoms. The standard InChI is InChI=1S/C7H14NOS/c1-4-8(5-2)7(9)6(3)10/h6H,4-5H2,1-3H3. The zero-order valence-corrected chi connectivity index (χ0v) is 7.57. The van der Waals surface area contributed by atoms with Crippen molar-refractivity contribution in [1.82, 2.24) is 4.90 Å². The molecular weight excluding hydrogens is 146 g/mol. The van der Waals surface area contributed by atoms with Crippen LogP contribution in [0.5, 0.6) is 0 Å². The molecule has 0 aromatic rings. The van der Waals surface area contributed by atoms with Crippen LogP contribution >= 0.6 is 12.6 Å². The Hall–Kier alpha value is -0.180. The molecule has 0 aromatic carbocycles. The van der Waals surface area contributed by atoms with Crippen molar-refractivity contribution >= 4 is 18.5 Å². The summed E-state index contributed by atoms with van der Waals surface area (Å²) in [5.41, 5.74) is 0. The van der Waals surface area contributed by atoms with Crippen LogP contribution in [-0.2, 0) is 4.79 Å². The highest BCUT2D eigenvalue weighted by atomic mass is 32.1. The van der Waals surface area contributed by atoms with Gasteiger partial charge in [-0.25, -0.2) is 0 Å². The molecule has 0 heterocycles. The van der Waals surface area contributed by atoms with Crippen LogP contribution in [0, 0.1) is 0 Å². The molecule has 0 N–H and O–H groups in total. The van der Waals surface area contributed by atoms with Gasteiger partial charge in [-0.1, -0.05) is 12.6 Å². The number of carbonyl (C=O) groups is 1. The van der Waals surface area contributed by atoms with Gasteiger partial charge in [0.1, 0.15) is 0 Å². The highest BCUT2D eigenvalue weighted by molar-refractivity contribution is 7.81. The summed E-state index contributed by atoms with van der Waals surface area (Å²) in [7, 11) is 0. The minimum absolute atomic E-state index is 0.0694. The molecular formula is C7H14NOS. The molecule has 0 saturated carbocycles. The minimum atomic E-state index is -0.278. The molecule has 0 saturated heterocycles. The van der Waals surface area contributed by atoms with Crippen molar-refractivity contribution in [1.29, 1.82) is 0 Å². The van der Waals surface area contributed by atoms with Gasteiger partial charge in [0.2, 0.25) is 5.91 Å². The van der Waals surface area contributed by atoms with Gasteiger partial charge in [0.15, 0.2) is 0 Å². The van der Waals surface area contributed by atoms with Crippen LogP contribution in [0.15, 0.2) is 0 Å². The number of amides is 1. The third-order valence-corrected chi connectivity index (χ3v) is 1.62. The monoisotopic (exact) mass is 160 g/mol. The van der Waals surface area contributed by atoms with Crippen LogP contribution in [0.3, 0.4) is 0 Å².